The minimum Gasteiger partial charge on any atom is -0.482 e. The van der Waals surface area contributed by atoms with Crippen molar-refractivity contribution in [2.24, 2.45) is 0 Å². The van der Waals surface area contributed by atoms with E-state index in [2.05, 4.69) is 5.32 Å². The number of carboxylic acid groups (broad SMARTS) is 1. The van der Waals surface area contributed by atoms with E-state index in [1.165, 1.54) is 6.26 Å². The maximum atomic E-state index is 12.0. The zero-order valence-electron chi connectivity index (χ0n) is 12.9. The summed E-state index contributed by atoms with van der Waals surface area (Å²) in [6, 6.07) is 8.79. The molecule has 0 aliphatic rings. The van der Waals surface area contributed by atoms with Gasteiger partial charge in [-0.3, -0.25) is 4.79 Å². The third-order valence-electron chi connectivity index (χ3n) is 3.30. The molecule has 0 fully saturated rings. The van der Waals surface area contributed by atoms with Crippen LogP contribution in [0, 0.1) is 0 Å². The van der Waals surface area contributed by atoms with Gasteiger partial charge in [-0.25, -0.2) is 4.79 Å². The van der Waals surface area contributed by atoms with E-state index >= 15 is 0 Å². The molecule has 0 bridgehead atoms. The second-order valence-electron chi connectivity index (χ2n) is 4.94. The third-order valence-corrected chi connectivity index (χ3v) is 3.30. The molecule has 0 radical (unpaired) electrons. The molecule has 2 aromatic rings. The fourth-order valence-electron chi connectivity index (χ4n) is 2.13. The Kier molecular flexibility index (Phi) is 5.80. The molecule has 0 aliphatic heterocycles. The van der Waals surface area contributed by atoms with Gasteiger partial charge in [0.15, 0.2) is 6.61 Å². The first-order valence-electron chi connectivity index (χ1n) is 7.38. The topological polar surface area (TPSA) is 88.8 Å². The van der Waals surface area contributed by atoms with Crippen LogP contribution >= 0.6 is 0 Å². The number of benzene rings is 1. The maximum absolute atomic E-state index is 12.0. The van der Waals surface area contributed by atoms with Crippen LogP contribution in [0.1, 0.15) is 28.6 Å². The molecule has 6 heteroatoms. The zero-order chi connectivity index (χ0) is 16.7. The Balaban J connectivity index is 1.80. The summed E-state index contributed by atoms with van der Waals surface area (Å²) in [7, 11) is 0. The van der Waals surface area contributed by atoms with Gasteiger partial charge < -0.3 is 19.6 Å². The number of amides is 1. The van der Waals surface area contributed by atoms with Crippen molar-refractivity contribution in [2.75, 3.05) is 13.2 Å². The maximum Gasteiger partial charge on any atom is 0.341 e. The fourth-order valence-corrected chi connectivity index (χ4v) is 2.13. The van der Waals surface area contributed by atoms with Crippen molar-refractivity contribution < 1.29 is 23.8 Å². The molecule has 1 aromatic heterocycles. The molecule has 0 saturated carbocycles. The molecule has 0 atom stereocenters. The van der Waals surface area contributed by atoms with Gasteiger partial charge in [0.2, 0.25) is 0 Å². The van der Waals surface area contributed by atoms with Crippen LogP contribution < -0.4 is 10.1 Å². The highest BCUT2D eigenvalue weighted by molar-refractivity contribution is 5.95. The molecule has 23 heavy (non-hydrogen) atoms. The SMILES string of the molecule is CCc1occc1C(=O)NCCc1ccc(OCC(=O)O)cc1. The van der Waals surface area contributed by atoms with Crippen LogP contribution in [0.15, 0.2) is 41.0 Å². The van der Waals surface area contributed by atoms with Crippen molar-refractivity contribution in [2.45, 2.75) is 19.8 Å². The van der Waals surface area contributed by atoms with E-state index < -0.39 is 5.97 Å². The van der Waals surface area contributed by atoms with Crippen molar-refractivity contribution in [1.29, 1.82) is 0 Å². The highest BCUT2D eigenvalue weighted by Crippen LogP contribution is 2.13. The fraction of sp³-hybridized carbons (Fsp3) is 0.294. The van der Waals surface area contributed by atoms with Gasteiger partial charge in [0.1, 0.15) is 11.5 Å². The van der Waals surface area contributed by atoms with Crippen molar-refractivity contribution in [3.8, 4) is 5.75 Å². The number of nitrogens with one attached hydrogen (secondary N) is 1. The number of carboxylic acids is 1. The lowest BCUT2D eigenvalue weighted by Gasteiger charge is -2.07. The molecule has 1 aromatic carbocycles. The summed E-state index contributed by atoms with van der Waals surface area (Å²) in [6.07, 6.45) is 2.86. The number of aryl methyl sites for hydroxylation is 1. The second-order valence-corrected chi connectivity index (χ2v) is 4.94. The minimum atomic E-state index is -1.01. The van der Waals surface area contributed by atoms with Crippen LogP contribution in [-0.2, 0) is 17.6 Å². The summed E-state index contributed by atoms with van der Waals surface area (Å²) in [5, 5.41) is 11.4. The molecule has 1 amide bonds. The summed E-state index contributed by atoms with van der Waals surface area (Å²) in [5.41, 5.74) is 1.60. The molecule has 2 N–H and O–H groups in total. The van der Waals surface area contributed by atoms with E-state index in [0.717, 1.165) is 5.56 Å². The lowest BCUT2D eigenvalue weighted by Crippen LogP contribution is -2.26. The molecule has 1 heterocycles. The van der Waals surface area contributed by atoms with E-state index in [9.17, 15) is 9.59 Å². The first kappa shape index (κ1) is 16.6. The van der Waals surface area contributed by atoms with Crippen LogP contribution in [0.3, 0.4) is 0 Å². The van der Waals surface area contributed by atoms with Crippen molar-refractivity contribution in [3.05, 3.63) is 53.5 Å². The lowest BCUT2D eigenvalue weighted by molar-refractivity contribution is -0.139. The summed E-state index contributed by atoms with van der Waals surface area (Å²) >= 11 is 0. The molecule has 0 unspecified atom stereocenters. The van der Waals surface area contributed by atoms with Crippen molar-refractivity contribution in [3.63, 3.8) is 0 Å². The molecule has 2 rings (SSSR count). The van der Waals surface area contributed by atoms with Crippen LogP contribution in [-0.4, -0.2) is 30.1 Å². The van der Waals surface area contributed by atoms with Gasteiger partial charge >= 0.3 is 5.97 Å². The molecule has 0 aliphatic carbocycles. The number of ether oxygens (including phenoxy) is 1. The van der Waals surface area contributed by atoms with Gasteiger partial charge in [-0.2, -0.15) is 0 Å². The lowest BCUT2D eigenvalue weighted by atomic mass is 10.1. The Morgan fingerprint density at radius 2 is 1.96 bits per heavy atom. The van der Waals surface area contributed by atoms with E-state index in [0.29, 0.717) is 36.5 Å². The van der Waals surface area contributed by atoms with Gasteiger partial charge in [0.25, 0.3) is 5.91 Å². The Morgan fingerprint density at radius 1 is 1.22 bits per heavy atom. The predicted molar refractivity (Wildman–Crippen MR) is 83.7 cm³/mol. The summed E-state index contributed by atoms with van der Waals surface area (Å²) in [5.74, 6) is 0.0353. The smallest absolute Gasteiger partial charge is 0.341 e. The van der Waals surface area contributed by atoms with Gasteiger partial charge in [-0.15, -0.1) is 0 Å². The molecule has 0 saturated heterocycles. The Hall–Kier alpha value is -2.76. The van der Waals surface area contributed by atoms with Crippen LogP contribution in [0.4, 0.5) is 0 Å². The Labute approximate surface area is 134 Å². The quantitative estimate of drug-likeness (QED) is 0.779. The van der Waals surface area contributed by atoms with E-state index in [1.807, 2.05) is 19.1 Å². The summed E-state index contributed by atoms with van der Waals surface area (Å²) in [6.45, 7) is 2.08. The van der Waals surface area contributed by atoms with Gasteiger partial charge in [0.05, 0.1) is 11.8 Å². The van der Waals surface area contributed by atoms with Crippen LogP contribution in [0.2, 0.25) is 0 Å². The molecule has 122 valence electrons. The average Bonchev–Trinajstić information content (AvgIpc) is 3.02. The van der Waals surface area contributed by atoms with Gasteiger partial charge in [0, 0.05) is 13.0 Å². The highest BCUT2D eigenvalue weighted by Gasteiger charge is 2.12. The number of aliphatic carboxylic acids is 1. The summed E-state index contributed by atoms with van der Waals surface area (Å²) in [4.78, 5) is 22.4. The van der Waals surface area contributed by atoms with Crippen LogP contribution in [0.5, 0.6) is 5.75 Å². The number of carbonyl (C=O) groups excluding carboxylic acids is 1. The number of rotatable bonds is 8. The molecular formula is C17H19NO5. The second kappa shape index (κ2) is 8.03. The monoisotopic (exact) mass is 317 g/mol. The molecule has 6 nitrogen and oxygen atoms in total. The van der Waals surface area contributed by atoms with Crippen molar-refractivity contribution >= 4 is 11.9 Å². The van der Waals surface area contributed by atoms with Gasteiger partial charge in [-0.05, 0) is 30.2 Å². The van der Waals surface area contributed by atoms with E-state index in [4.69, 9.17) is 14.3 Å². The summed E-state index contributed by atoms with van der Waals surface area (Å²) < 4.78 is 10.3. The normalized spacial score (nSPS) is 10.3. The number of carbonyl (C=O) groups is 2. The molecule has 0 spiro atoms. The largest absolute Gasteiger partial charge is 0.482 e. The van der Waals surface area contributed by atoms with E-state index in [1.54, 1.807) is 18.2 Å². The first-order chi connectivity index (χ1) is 11.1. The number of hydrogen-bond donors (Lipinski definition) is 2. The first-order valence-corrected chi connectivity index (χ1v) is 7.38. The Morgan fingerprint density at radius 3 is 2.61 bits per heavy atom. The van der Waals surface area contributed by atoms with Crippen LogP contribution in [0.25, 0.3) is 0 Å². The van der Waals surface area contributed by atoms with Crippen molar-refractivity contribution in [1.82, 2.24) is 5.32 Å². The van der Waals surface area contributed by atoms with E-state index in [-0.39, 0.29) is 12.5 Å². The average molecular weight is 317 g/mol. The van der Waals surface area contributed by atoms with Gasteiger partial charge in [-0.1, -0.05) is 19.1 Å². The predicted octanol–water partition coefficient (Wildman–Crippen LogP) is 2.28. The zero-order valence-corrected chi connectivity index (χ0v) is 12.9. The standard InChI is InChI=1S/C17H19NO5/c1-2-15-14(8-10-22-15)17(21)18-9-7-12-3-5-13(6-4-12)23-11-16(19)20/h3-6,8,10H,2,7,9,11H2,1H3,(H,18,21)(H,19,20). The third kappa shape index (κ3) is 4.88. The molecular weight excluding hydrogens is 298 g/mol. The number of hydrogen-bond acceptors (Lipinski definition) is 4. The Bertz CT molecular complexity index is 660. The highest BCUT2D eigenvalue weighted by atomic mass is 16.5. The number of furan rings is 1. The minimum absolute atomic E-state index is 0.142.